The van der Waals surface area contributed by atoms with Crippen LogP contribution in [0.3, 0.4) is 0 Å². The SMILES string of the molecule is N#Cc1c(-c2ccc3ccc(-c4ccccc4)nc3c2)nn2c3c(cnc12)COC3. The largest absolute Gasteiger partial charge is 0.370 e. The van der Waals surface area contributed by atoms with Gasteiger partial charge in [0.25, 0.3) is 0 Å². The quantitative estimate of drug-likeness (QED) is 0.444. The van der Waals surface area contributed by atoms with E-state index in [1.807, 2.05) is 54.6 Å². The van der Waals surface area contributed by atoms with Crippen molar-refractivity contribution in [3.8, 4) is 28.6 Å². The Morgan fingerprint density at radius 3 is 2.70 bits per heavy atom. The van der Waals surface area contributed by atoms with Crippen molar-refractivity contribution in [1.82, 2.24) is 19.6 Å². The van der Waals surface area contributed by atoms with Crippen LogP contribution in [-0.2, 0) is 18.0 Å². The molecule has 0 aliphatic carbocycles. The molecule has 1 aliphatic rings. The van der Waals surface area contributed by atoms with Crippen LogP contribution in [-0.4, -0.2) is 19.6 Å². The number of hydrogen-bond donors (Lipinski definition) is 0. The van der Waals surface area contributed by atoms with E-state index in [2.05, 4.69) is 17.1 Å². The first kappa shape index (κ1) is 16.8. The number of benzene rings is 2. The first-order valence-corrected chi connectivity index (χ1v) is 9.66. The molecule has 0 saturated carbocycles. The number of fused-ring (bicyclic) bond motifs is 4. The third-order valence-electron chi connectivity index (χ3n) is 5.47. The van der Waals surface area contributed by atoms with Gasteiger partial charge in [-0.2, -0.15) is 10.4 Å². The van der Waals surface area contributed by atoms with Gasteiger partial charge < -0.3 is 4.74 Å². The molecule has 0 bridgehead atoms. The molecule has 3 aromatic heterocycles. The zero-order valence-electron chi connectivity index (χ0n) is 15.9. The Labute approximate surface area is 172 Å². The summed E-state index contributed by atoms with van der Waals surface area (Å²) in [7, 11) is 0. The number of hydrogen-bond acceptors (Lipinski definition) is 5. The summed E-state index contributed by atoms with van der Waals surface area (Å²) in [5.41, 5.74) is 7.26. The lowest BCUT2D eigenvalue weighted by atomic mass is 10.0. The van der Waals surface area contributed by atoms with E-state index >= 15 is 0 Å². The van der Waals surface area contributed by atoms with Gasteiger partial charge in [0.1, 0.15) is 17.3 Å². The predicted octanol–water partition coefficient (Wildman–Crippen LogP) is 4.51. The second kappa shape index (κ2) is 6.48. The van der Waals surface area contributed by atoms with E-state index in [-0.39, 0.29) is 0 Å². The fraction of sp³-hybridized carbons (Fsp3) is 0.0833. The molecule has 2 aromatic carbocycles. The minimum absolute atomic E-state index is 0.461. The van der Waals surface area contributed by atoms with Crippen molar-refractivity contribution >= 4 is 16.6 Å². The molecule has 1 aliphatic heterocycles. The lowest BCUT2D eigenvalue weighted by molar-refractivity contribution is 0.132. The second-order valence-corrected chi connectivity index (χ2v) is 7.26. The molecule has 5 aromatic rings. The molecule has 6 nitrogen and oxygen atoms in total. The highest BCUT2D eigenvalue weighted by Gasteiger charge is 2.22. The van der Waals surface area contributed by atoms with E-state index < -0.39 is 0 Å². The monoisotopic (exact) mass is 389 g/mol. The molecule has 0 amide bonds. The van der Waals surface area contributed by atoms with Crippen LogP contribution in [0.4, 0.5) is 0 Å². The van der Waals surface area contributed by atoms with E-state index in [0.29, 0.717) is 30.1 Å². The van der Waals surface area contributed by atoms with Gasteiger partial charge in [-0.05, 0) is 12.1 Å². The van der Waals surface area contributed by atoms with Crippen molar-refractivity contribution in [1.29, 1.82) is 5.26 Å². The summed E-state index contributed by atoms with van der Waals surface area (Å²) in [4.78, 5) is 9.31. The Hall–Kier alpha value is -4.08. The van der Waals surface area contributed by atoms with Gasteiger partial charge in [-0.15, -0.1) is 0 Å². The molecule has 0 atom stereocenters. The van der Waals surface area contributed by atoms with Gasteiger partial charge in [0.15, 0.2) is 5.65 Å². The van der Waals surface area contributed by atoms with Crippen molar-refractivity contribution in [3.05, 3.63) is 83.7 Å². The highest BCUT2D eigenvalue weighted by Crippen LogP contribution is 2.30. The van der Waals surface area contributed by atoms with Crippen LogP contribution in [0.5, 0.6) is 0 Å². The molecule has 30 heavy (non-hydrogen) atoms. The molecule has 0 unspecified atom stereocenters. The van der Waals surface area contributed by atoms with Crippen molar-refractivity contribution in [2.45, 2.75) is 13.2 Å². The van der Waals surface area contributed by atoms with Crippen LogP contribution in [0.15, 0.2) is 66.9 Å². The van der Waals surface area contributed by atoms with Gasteiger partial charge in [0, 0.05) is 28.3 Å². The van der Waals surface area contributed by atoms with Gasteiger partial charge in [0.2, 0.25) is 0 Å². The van der Waals surface area contributed by atoms with Gasteiger partial charge in [0.05, 0.1) is 30.1 Å². The highest BCUT2D eigenvalue weighted by molar-refractivity contribution is 5.87. The fourth-order valence-electron chi connectivity index (χ4n) is 3.94. The molecule has 4 heterocycles. The molecule has 6 heteroatoms. The Balaban J connectivity index is 1.54. The molecular formula is C24H15N5O. The molecule has 0 spiro atoms. The number of nitrogens with zero attached hydrogens (tertiary/aromatic N) is 5. The highest BCUT2D eigenvalue weighted by atomic mass is 16.5. The van der Waals surface area contributed by atoms with Gasteiger partial charge in [-0.25, -0.2) is 14.5 Å². The third kappa shape index (κ3) is 2.50. The summed E-state index contributed by atoms with van der Waals surface area (Å²) < 4.78 is 7.27. The lowest BCUT2D eigenvalue weighted by Crippen LogP contribution is -1.99. The van der Waals surface area contributed by atoms with Crippen LogP contribution in [0, 0.1) is 11.3 Å². The van der Waals surface area contributed by atoms with Crippen molar-refractivity contribution in [3.63, 3.8) is 0 Å². The smallest absolute Gasteiger partial charge is 0.174 e. The van der Waals surface area contributed by atoms with Gasteiger partial charge in [-0.3, -0.25) is 0 Å². The average Bonchev–Trinajstić information content (AvgIpc) is 3.43. The van der Waals surface area contributed by atoms with Crippen molar-refractivity contribution in [2.24, 2.45) is 0 Å². The maximum atomic E-state index is 9.83. The van der Waals surface area contributed by atoms with Crippen LogP contribution < -0.4 is 0 Å². The second-order valence-electron chi connectivity index (χ2n) is 7.26. The summed E-state index contributed by atoms with van der Waals surface area (Å²) in [6.45, 7) is 0.998. The van der Waals surface area contributed by atoms with E-state index in [1.54, 1.807) is 10.7 Å². The summed E-state index contributed by atoms with van der Waals surface area (Å²) in [6, 6.07) is 22.4. The molecule has 0 N–H and O–H groups in total. The number of ether oxygens (including phenoxy) is 1. The lowest BCUT2D eigenvalue weighted by Gasteiger charge is -2.05. The standard InChI is InChI=1S/C24H15N5O/c25-11-19-23(28-29-22-14-30-13-18(22)12-26-24(19)29)17-7-6-16-8-9-20(27-21(16)10-17)15-4-2-1-3-5-15/h1-10,12H,13-14H2. The Kier molecular flexibility index (Phi) is 3.63. The number of aromatic nitrogens is 4. The Bertz CT molecular complexity index is 1480. The summed E-state index contributed by atoms with van der Waals surface area (Å²) >= 11 is 0. The van der Waals surface area contributed by atoms with E-state index in [9.17, 15) is 5.26 Å². The van der Waals surface area contributed by atoms with Crippen LogP contribution in [0.1, 0.15) is 16.8 Å². The zero-order chi connectivity index (χ0) is 20.1. The Morgan fingerprint density at radius 2 is 1.83 bits per heavy atom. The van der Waals surface area contributed by atoms with Gasteiger partial charge >= 0.3 is 0 Å². The third-order valence-corrected chi connectivity index (χ3v) is 5.47. The minimum Gasteiger partial charge on any atom is -0.370 e. The maximum absolute atomic E-state index is 9.83. The van der Waals surface area contributed by atoms with E-state index in [1.165, 1.54) is 0 Å². The zero-order valence-corrected chi connectivity index (χ0v) is 15.9. The molecule has 0 saturated heterocycles. The topological polar surface area (TPSA) is 76.1 Å². The number of rotatable bonds is 2. The van der Waals surface area contributed by atoms with E-state index in [0.717, 1.165) is 39.0 Å². The number of pyridine rings is 1. The molecule has 142 valence electrons. The normalized spacial score (nSPS) is 12.9. The first-order chi connectivity index (χ1) is 14.8. The predicted molar refractivity (Wildman–Crippen MR) is 112 cm³/mol. The first-order valence-electron chi connectivity index (χ1n) is 9.66. The van der Waals surface area contributed by atoms with Crippen LogP contribution in [0.25, 0.3) is 39.1 Å². The summed E-state index contributed by atoms with van der Waals surface area (Å²) in [5.74, 6) is 0. The van der Waals surface area contributed by atoms with Crippen LogP contribution in [0.2, 0.25) is 0 Å². The number of nitriles is 1. The van der Waals surface area contributed by atoms with Gasteiger partial charge in [-0.1, -0.05) is 48.5 Å². The van der Waals surface area contributed by atoms with Crippen LogP contribution >= 0.6 is 0 Å². The maximum Gasteiger partial charge on any atom is 0.174 e. The summed E-state index contributed by atoms with van der Waals surface area (Å²) in [6.07, 6.45) is 1.78. The molecular weight excluding hydrogens is 374 g/mol. The molecule has 6 rings (SSSR count). The summed E-state index contributed by atoms with van der Waals surface area (Å²) in [5, 5.41) is 15.6. The minimum atomic E-state index is 0.461. The fourth-order valence-corrected chi connectivity index (χ4v) is 3.94. The van der Waals surface area contributed by atoms with Crippen molar-refractivity contribution < 1.29 is 4.74 Å². The average molecular weight is 389 g/mol. The molecule has 0 radical (unpaired) electrons. The van der Waals surface area contributed by atoms with Crippen molar-refractivity contribution in [2.75, 3.05) is 0 Å². The Morgan fingerprint density at radius 1 is 0.967 bits per heavy atom. The molecule has 0 fully saturated rings. The van der Waals surface area contributed by atoms with E-state index in [4.69, 9.17) is 14.8 Å².